The van der Waals surface area contributed by atoms with Gasteiger partial charge in [-0.25, -0.2) is 8.42 Å². The molecule has 3 saturated carbocycles. The van der Waals surface area contributed by atoms with Gasteiger partial charge in [-0.15, -0.1) is 0 Å². The van der Waals surface area contributed by atoms with E-state index in [4.69, 9.17) is 0 Å². The fourth-order valence-corrected chi connectivity index (χ4v) is 11.1. The molecule has 1 aromatic carbocycles. The minimum Gasteiger partial charge on any atom is -0.508 e. The quantitative estimate of drug-likeness (QED) is 0.138. The van der Waals surface area contributed by atoms with Crippen LogP contribution in [-0.2, 0) is 9.84 Å². The summed E-state index contributed by atoms with van der Waals surface area (Å²) in [4.78, 5) is 0. The fraction of sp³-hybridized carbons (Fsp3) is 0.824. The van der Waals surface area contributed by atoms with Gasteiger partial charge in [0.1, 0.15) is 15.6 Å². The van der Waals surface area contributed by atoms with E-state index in [9.17, 15) is 45.7 Å². The predicted octanol–water partition coefficient (Wildman–Crippen LogP) is 8.23. The van der Waals surface area contributed by atoms with Crippen LogP contribution in [0.5, 0.6) is 5.75 Å². The summed E-state index contributed by atoms with van der Waals surface area (Å²) in [6.07, 6.45) is 2.67. The molecule has 0 aromatic heterocycles. The molecule has 0 amide bonds. The standard InChI is InChI=1S/C34H49F5O5S/c1-31-15-13-24-23-12-11-22(40)20-26(23)30(42)25(29(24)27(31)21-28(41)32(31)16-17-32)10-7-5-3-2-4-6-8-18-45(43,44)19-9-14-33(35,36)34(37,38)39/h11-12,20,24-25,27-30,40-42H,2-10,13-19,21H2,1H3/t24?,25?,27?,28-,29?,30+,31+/m1/s1. The number of rotatable bonds is 14. The number of alkyl halides is 5. The van der Waals surface area contributed by atoms with Gasteiger partial charge in [-0.05, 0) is 104 Å². The van der Waals surface area contributed by atoms with Crippen molar-refractivity contribution in [1.29, 1.82) is 0 Å². The lowest BCUT2D eigenvalue weighted by molar-refractivity contribution is -0.284. The van der Waals surface area contributed by atoms with Gasteiger partial charge < -0.3 is 15.3 Å². The van der Waals surface area contributed by atoms with Crippen molar-refractivity contribution in [3.05, 3.63) is 29.3 Å². The predicted molar refractivity (Wildman–Crippen MR) is 162 cm³/mol. The minimum absolute atomic E-state index is 0.0362. The van der Waals surface area contributed by atoms with Crippen LogP contribution in [0.25, 0.3) is 0 Å². The summed E-state index contributed by atoms with van der Waals surface area (Å²) in [6.45, 7) is 2.38. The molecule has 45 heavy (non-hydrogen) atoms. The monoisotopic (exact) mass is 664 g/mol. The van der Waals surface area contributed by atoms with Crippen molar-refractivity contribution in [2.75, 3.05) is 11.5 Å². The van der Waals surface area contributed by atoms with Gasteiger partial charge >= 0.3 is 12.1 Å². The summed E-state index contributed by atoms with van der Waals surface area (Å²) in [5.41, 5.74) is 2.11. The third-order valence-electron chi connectivity index (χ3n) is 12.3. The molecule has 0 bridgehead atoms. The minimum atomic E-state index is -5.67. The molecule has 4 unspecified atom stereocenters. The highest BCUT2D eigenvalue weighted by Gasteiger charge is 2.71. The van der Waals surface area contributed by atoms with Gasteiger partial charge in [0.05, 0.1) is 23.7 Å². The lowest BCUT2D eigenvalue weighted by Crippen LogP contribution is -2.47. The van der Waals surface area contributed by atoms with Crippen LogP contribution in [-0.4, -0.2) is 53.4 Å². The van der Waals surface area contributed by atoms with E-state index in [1.807, 2.05) is 6.07 Å². The van der Waals surface area contributed by atoms with Crippen LogP contribution in [0, 0.1) is 28.6 Å². The van der Waals surface area contributed by atoms with Crippen LogP contribution >= 0.6 is 0 Å². The first-order valence-corrected chi connectivity index (χ1v) is 18.7. The Labute approximate surface area is 263 Å². The van der Waals surface area contributed by atoms with E-state index in [1.54, 1.807) is 12.1 Å². The van der Waals surface area contributed by atoms with Crippen molar-refractivity contribution in [2.24, 2.45) is 28.6 Å². The zero-order valence-electron chi connectivity index (χ0n) is 26.2. The van der Waals surface area contributed by atoms with Crippen molar-refractivity contribution < 1.29 is 45.7 Å². The Bertz CT molecular complexity index is 1300. The number of hydrogen-bond donors (Lipinski definition) is 3. The van der Waals surface area contributed by atoms with Gasteiger partial charge in [0.15, 0.2) is 0 Å². The van der Waals surface area contributed by atoms with E-state index < -0.39 is 46.6 Å². The number of unbranched alkanes of at least 4 members (excludes halogenated alkanes) is 6. The number of aromatic hydroxyl groups is 1. The Morgan fingerprint density at radius 3 is 2.13 bits per heavy atom. The summed E-state index contributed by atoms with van der Waals surface area (Å²) in [5.74, 6) is -4.59. The van der Waals surface area contributed by atoms with E-state index in [2.05, 4.69) is 6.92 Å². The smallest absolute Gasteiger partial charge is 0.453 e. The third-order valence-corrected chi connectivity index (χ3v) is 14.1. The van der Waals surface area contributed by atoms with Crippen LogP contribution < -0.4 is 0 Å². The normalized spacial score (nSPS) is 32.3. The third kappa shape index (κ3) is 6.78. The molecule has 3 fully saturated rings. The van der Waals surface area contributed by atoms with E-state index in [0.29, 0.717) is 24.7 Å². The van der Waals surface area contributed by atoms with Crippen LogP contribution in [0.3, 0.4) is 0 Å². The Morgan fingerprint density at radius 2 is 1.49 bits per heavy atom. The number of halogens is 5. The summed E-state index contributed by atoms with van der Waals surface area (Å²) < 4.78 is 87.0. The first kappa shape index (κ1) is 34.9. The molecule has 0 radical (unpaired) electrons. The fourth-order valence-electron chi connectivity index (χ4n) is 9.71. The molecule has 0 aliphatic heterocycles. The summed E-state index contributed by atoms with van der Waals surface area (Å²) >= 11 is 0. The first-order valence-electron chi connectivity index (χ1n) is 16.9. The highest BCUT2D eigenvalue weighted by molar-refractivity contribution is 7.91. The molecule has 5 nitrogen and oxygen atoms in total. The number of benzene rings is 1. The Balaban J connectivity index is 1.08. The molecule has 0 saturated heterocycles. The molecule has 5 rings (SSSR count). The number of aliphatic hydroxyl groups is 2. The van der Waals surface area contributed by atoms with Gasteiger partial charge in [0.2, 0.25) is 0 Å². The lowest BCUT2D eigenvalue weighted by atomic mass is 9.50. The molecule has 1 aromatic rings. The van der Waals surface area contributed by atoms with Crippen LogP contribution in [0.1, 0.15) is 126 Å². The van der Waals surface area contributed by atoms with Crippen molar-refractivity contribution in [3.63, 3.8) is 0 Å². The van der Waals surface area contributed by atoms with Crippen LogP contribution in [0.2, 0.25) is 0 Å². The summed E-state index contributed by atoms with van der Waals surface area (Å²) in [6, 6.07) is 5.43. The SMILES string of the molecule is C[C@]12CCC3c4ccc(O)cc4[C@@H](O)C(CCCCCCCCCS(=O)(=O)CCCC(F)(F)C(F)(F)F)C3C1C[C@@H](O)C21CC1. The maximum absolute atomic E-state index is 13.0. The van der Waals surface area contributed by atoms with E-state index in [0.717, 1.165) is 81.8 Å². The van der Waals surface area contributed by atoms with E-state index in [-0.39, 0.29) is 40.3 Å². The van der Waals surface area contributed by atoms with Gasteiger partial charge in [0.25, 0.3) is 0 Å². The van der Waals surface area contributed by atoms with Gasteiger partial charge in [-0.3, -0.25) is 0 Å². The van der Waals surface area contributed by atoms with Crippen molar-refractivity contribution >= 4 is 9.84 Å². The zero-order valence-corrected chi connectivity index (χ0v) is 27.0. The number of sulfone groups is 1. The zero-order chi connectivity index (χ0) is 32.8. The molecule has 3 N–H and O–H groups in total. The molecule has 256 valence electrons. The second kappa shape index (κ2) is 12.9. The second-order valence-electron chi connectivity index (χ2n) is 14.8. The number of phenols is 1. The molecule has 4 aliphatic carbocycles. The number of fused-ring (bicyclic) bond motifs is 6. The maximum atomic E-state index is 13.0. The summed E-state index contributed by atoms with van der Waals surface area (Å²) in [5, 5.41) is 33.1. The second-order valence-corrected chi connectivity index (χ2v) is 17.1. The van der Waals surface area contributed by atoms with Gasteiger partial charge in [-0.1, -0.05) is 51.5 Å². The van der Waals surface area contributed by atoms with Crippen molar-refractivity contribution in [1.82, 2.24) is 0 Å². The molecule has 0 heterocycles. The topological polar surface area (TPSA) is 94.8 Å². The lowest BCUT2D eigenvalue weighted by Gasteiger charge is -2.55. The molecular formula is C34H49F5O5S. The van der Waals surface area contributed by atoms with Gasteiger partial charge in [-0.2, -0.15) is 22.0 Å². The van der Waals surface area contributed by atoms with Crippen LogP contribution in [0.15, 0.2) is 18.2 Å². The van der Waals surface area contributed by atoms with Crippen molar-refractivity contribution in [3.8, 4) is 5.75 Å². The van der Waals surface area contributed by atoms with E-state index in [1.165, 1.54) is 0 Å². The maximum Gasteiger partial charge on any atom is 0.453 e. The van der Waals surface area contributed by atoms with Crippen LogP contribution in [0.4, 0.5) is 22.0 Å². The average molecular weight is 665 g/mol. The summed E-state index contributed by atoms with van der Waals surface area (Å²) in [7, 11) is -3.68. The highest BCUT2D eigenvalue weighted by atomic mass is 32.2. The van der Waals surface area contributed by atoms with Gasteiger partial charge in [0, 0.05) is 11.8 Å². The largest absolute Gasteiger partial charge is 0.508 e. The molecule has 1 spiro atoms. The highest BCUT2D eigenvalue weighted by Crippen LogP contribution is 2.76. The average Bonchev–Trinajstić information content (AvgIpc) is 3.73. The van der Waals surface area contributed by atoms with Crippen molar-refractivity contribution in [2.45, 2.75) is 133 Å². The molecular weight excluding hydrogens is 615 g/mol. The Morgan fingerprint density at radius 1 is 0.867 bits per heavy atom. The number of aliphatic hydroxyl groups excluding tert-OH is 2. The Hall–Kier alpha value is -1.46. The number of phenolic OH excluding ortho intramolecular Hbond substituents is 1. The number of hydrogen-bond acceptors (Lipinski definition) is 5. The molecule has 11 heteroatoms. The molecule has 7 atom stereocenters. The molecule has 4 aliphatic rings. The van der Waals surface area contributed by atoms with E-state index >= 15 is 0 Å². The Kier molecular flexibility index (Phi) is 9.97. The first-order chi connectivity index (χ1) is 21.0.